The number of carbonyl (C=O) groups excluding carboxylic acids is 1. The summed E-state index contributed by atoms with van der Waals surface area (Å²) < 4.78 is 0. The third-order valence-electron chi connectivity index (χ3n) is 3.54. The van der Waals surface area contributed by atoms with E-state index in [1.807, 2.05) is 38.1 Å². The first kappa shape index (κ1) is 12.9. The molecule has 0 radical (unpaired) electrons. The van der Waals surface area contributed by atoms with E-state index in [0.29, 0.717) is 6.54 Å². The molecule has 1 aliphatic rings. The lowest BCUT2D eigenvalue weighted by Crippen LogP contribution is -2.62. The third-order valence-corrected chi connectivity index (χ3v) is 3.54. The highest BCUT2D eigenvalue weighted by Crippen LogP contribution is 2.27. The molecule has 1 heterocycles. The van der Waals surface area contributed by atoms with Crippen molar-refractivity contribution in [3.05, 3.63) is 29.8 Å². The zero-order chi connectivity index (χ0) is 13.3. The minimum absolute atomic E-state index is 0.0494. The Morgan fingerprint density at radius 3 is 2.50 bits per heavy atom. The molecule has 1 saturated heterocycles. The zero-order valence-corrected chi connectivity index (χ0v) is 11.1. The molecule has 0 bridgehead atoms. The number of aliphatic hydroxyl groups excluding tert-OH is 1. The lowest BCUT2D eigenvalue weighted by molar-refractivity contribution is -0.126. The molecular weight excluding hydrogens is 228 g/mol. The summed E-state index contributed by atoms with van der Waals surface area (Å²) in [5.74, 6) is 0.0494. The molecule has 1 amide bonds. The van der Waals surface area contributed by atoms with E-state index in [1.165, 1.54) is 0 Å². The van der Waals surface area contributed by atoms with Crippen LogP contribution in [0.2, 0.25) is 0 Å². The Morgan fingerprint density at radius 1 is 1.33 bits per heavy atom. The van der Waals surface area contributed by atoms with Crippen LogP contribution in [0.15, 0.2) is 24.3 Å². The summed E-state index contributed by atoms with van der Waals surface area (Å²) in [7, 11) is 0. The summed E-state index contributed by atoms with van der Waals surface area (Å²) in [6.07, 6.45) is -0.461. The molecule has 0 aliphatic carbocycles. The molecule has 1 aromatic carbocycles. The van der Waals surface area contributed by atoms with Gasteiger partial charge >= 0.3 is 0 Å². The average Bonchev–Trinajstić information content (AvgIpc) is 2.33. The fourth-order valence-corrected chi connectivity index (χ4v) is 2.28. The minimum atomic E-state index is -0.537. The van der Waals surface area contributed by atoms with Crippen molar-refractivity contribution in [2.45, 2.75) is 32.4 Å². The van der Waals surface area contributed by atoms with Crippen molar-refractivity contribution in [2.24, 2.45) is 0 Å². The SMILES string of the molecule is C[C@H](O)c1ccc(N2CCNC(=O)C2(C)C)cc1. The maximum absolute atomic E-state index is 11.9. The quantitative estimate of drug-likeness (QED) is 0.833. The predicted molar refractivity (Wildman–Crippen MR) is 71.5 cm³/mol. The number of anilines is 1. The van der Waals surface area contributed by atoms with Crippen molar-refractivity contribution >= 4 is 11.6 Å². The number of rotatable bonds is 2. The van der Waals surface area contributed by atoms with Crippen LogP contribution in [0.3, 0.4) is 0 Å². The van der Waals surface area contributed by atoms with Crippen LogP contribution in [0.5, 0.6) is 0 Å². The standard InChI is InChI=1S/C14H20N2O2/c1-10(17)11-4-6-12(7-5-11)16-9-8-15-13(18)14(16,2)3/h4-7,10,17H,8-9H2,1-3H3,(H,15,18)/t10-/m0/s1. The zero-order valence-electron chi connectivity index (χ0n) is 11.1. The largest absolute Gasteiger partial charge is 0.389 e. The van der Waals surface area contributed by atoms with Gasteiger partial charge in [-0.3, -0.25) is 4.79 Å². The van der Waals surface area contributed by atoms with E-state index in [2.05, 4.69) is 10.2 Å². The summed E-state index contributed by atoms with van der Waals surface area (Å²) in [6.45, 7) is 7.05. The van der Waals surface area contributed by atoms with E-state index < -0.39 is 11.6 Å². The van der Waals surface area contributed by atoms with Crippen molar-refractivity contribution in [3.8, 4) is 0 Å². The third kappa shape index (κ3) is 2.20. The van der Waals surface area contributed by atoms with Crippen molar-refractivity contribution in [1.29, 1.82) is 0 Å². The summed E-state index contributed by atoms with van der Waals surface area (Å²) in [6, 6.07) is 7.73. The monoisotopic (exact) mass is 248 g/mol. The van der Waals surface area contributed by atoms with E-state index >= 15 is 0 Å². The van der Waals surface area contributed by atoms with Gasteiger partial charge in [0.05, 0.1) is 6.10 Å². The number of piperazine rings is 1. The van der Waals surface area contributed by atoms with Crippen LogP contribution < -0.4 is 10.2 Å². The number of hydrogen-bond acceptors (Lipinski definition) is 3. The molecule has 0 spiro atoms. The number of benzene rings is 1. The van der Waals surface area contributed by atoms with Crippen LogP contribution in [0.25, 0.3) is 0 Å². The van der Waals surface area contributed by atoms with Gasteiger partial charge in [0.25, 0.3) is 0 Å². The summed E-state index contributed by atoms with van der Waals surface area (Å²) in [5, 5.41) is 12.4. The molecule has 0 unspecified atom stereocenters. The molecule has 1 aromatic rings. The molecular formula is C14H20N2O2. The van der Waals surface area contributed by atoms with Crippen LogP contribution >= 0.6 is 0 Å². The van der Waals surface area contributed by atoms with Gasteiger partial charge in [0.1, 0.15) is 5.54 Å². The van der Waals surface area contributed by atoms with E-state index in [0.717, 1.165) is 17.8 Å². The molecule has 0 aromatic heterocycles. The van der Waals surface area contributed by atoms with E-state index in [4.69, 9.17) is 0 Å². The fourth-order valence-electron chi connectivity index (χ4n) is 2.28. The summed E-state index contributed by atoms with van der Waals surface area (Å²) in [4.78, 5) is 14.0. The molecule has 1 fully saturated rings. The number of nitrogens with one attached hydrogen (secondary N) is 1. The molecule has 1 atom stereocenters. The minimum Gasteiger partial charge on any atom is -0.389 e. The van der Waals surface area contributed by atoms with Gasteiger partial charge in [-0.25, -0.2) is 0 Å². The Morgan fingerprint density at radius 2 is 1.94 bits per heavy atom. The lowest BCUT2D eigenvalue weighted by Gasteiger charge is -2.42. The van der Waals surface area contributed by atoms with Crippen molar-refractivity contribution in [2.75, 3.05) is 18.0 Å². The van der Waals surface area contributed by atoms with E-state index in [1.54, 1.807) is 6.92 Å². The van der Waals surface area contributed by atoms with E-state index in [-0.39, 0.29) is 5.91 Å². The lowest BCUT2D eigenvalue weighted by atomic mass is 9.97. The van der Waals surface area contributed by atoms with Crippen LogP contribution in [0.4, 0.5) is 5.69 Å². The molecule has 98 valence electrons. The Balaban J connectivity index is 2.27. The number of nitrogens with zero attached hydrogens (tertiary/aromatic N) is 1. The van der Waals surface area contributed by atoms with Gasteiger partial charge in [-0.1, -0.05) is 12.1 Å². The second-order valence-corrected chi connectivity index (χ2v) is 5.23. The first-order valence-corrected chi connectivity index (χ1v) is 6.27. The summed E-state index contributed by atoms with van der Waals surface area (Å²) >= 11 is 0. The highest BCUT2D eigenvalue weighted by atomic mass is 16.3. The molecule has 4 nitrogen and oxygen atoms in total. The Labute approximate surface area is 108 Å². The van der Waals surface area contributed by atoms with Crippen LogP contribution in [0, 0.1) is 0 Å². The maximum Gasteiger partial charge on any atom is 0.245 e. The van der Waals surface area contributed by atoms with E-state index in [9.17, 15) is 9.90 Å². The van der Waals surface area contributed by atoms with Gasteiger partial charge in [-0.15, -0.1) is 0 Å². The molecule has 2 N–H and O–H groups in total. The molecule has 1 aliphatic heterocycles. The van der Waals surface area contributed by atoms with Gasteiger partial charge in [0.2, 0.25) is 5.91 Å². The normalized spacial score (nSPS) is 20.4. The smallest absolute Gasteiger partial charge is 0.245 e. The van der Waals surface area contributed by atoms with Crippen molar-refractivity contribution in [3.63, 3.8) is 0 Å². The molecule has 0 saturated carbocycles. The van der Waals surface area contributed by atoms with Crippen molar-refractivity contribution < 1.29 is 9.90 Å². The number of hydrogen-bond donors (Lipinski definition) is 2. The fraction of sp³-hybridized carbons (Fsp3) is 0.500. The first-order valence-electron chi connectivity index (χ1n) is 6.27. The predicted octanol–water partition coefficient (Wildman–Crippen LogP) is 1.45. The van der Waals surface area contributed by atoms with Gasteiger partial charge < -0.3 is 15.3 Å². The van der Waals surface area contributed by atoms with Gasteiger partial charge in [-0.2, -0.15) is 0 Å². The highest BCUT2D eigenvalue weighted by molar-refractivity contribution is 5.90. The average molecular weight is 248 g/mol. The van der Waals surface area contributed by atoms with Gasteiger partial charge in [-0.05, 0) is 38.5 Å². The summed E-state index contributed by atoms with van der Waals surface area (Å²) in [5.41, 5.74) is 1.36. The second-order valence-electron chi connectivity index (χ2n) is 5.23. The van der Waals surface area contributed by atoms with Gasteiger partial charge in [0, 0.05) is 18.8 Å². The number of amides is 1. The first-order chi connectivity index (χ1) is 8.43. The maximum atomic E-state index is 11.9. The highest BCUT2D eigenvalue weighted by Gasteiger charge is 2.37. The molecule has 2 rings (SSSR count). The Bertz CT molecular complexity index is 438. The number of aliphatic hydroxyl groups is 1. The van der Waals surface area contributed by atoms with Crippen LogP contribution in [-0.2, 0) is 4.79 Å². The van der Waals surface area contributed by atoms with Crippen LogP contribution in [-0.4, -0.2) is 29.6 Å². The molecule has 18 heavy (non-hydrogen) atoms. The van der Waals surface area contributed by atoms with Crippen molar-refractivity contribution in [1.82, 2.24) is 5.32 Å². The second kappa shape index (κ2) is 4.61. The van der Waals surface area contributed by atoms with Crippen LogP contribution in [0.1, 0.15) is 32.4 Å². The molecule has 4 heteroatoms. The Hall–Kier alpha value is -1.55. The Kier molecular flexibility index (Phi) is 3.30. The topological polar surface area (TPSA) is 52.6 Å². The number of carbonyl (C=O) groups is 1. The van der Waals surface area contributed by atoms with Gasteiger partial charge in [0.15, 0.2) is 0 Å².